The Morgan fingerprint density at radius 2 is 2.11 bits per heavy atom. The fraction of sp³-hybridized carbons (Fsp3) is 0.625. The topological polar surface area (TPSA) is 20.2 Å². The van der Waals surface area contributed by atoms with Crippen molar-refractivity contribution in [1.82, 2.24) is 0 Å². The Bertz CT molecular complexity index is 433. The third-order valence-electron chi connectivity index (χ3n) is 4.44. The lowest BCUT2D eigenvalue weighted by Gasteiger charge is -2.35. The highest BCUT2D eigenvalue weighted by molar-refractivity contribution is 6.31. The summed E-state index contributed by atoms with van der Waals surface area (Å²) in [5.74, 6) is 1.11. The molecule has 0 aromatic heterocycles. The highest BCUT2D eigenvalue weighted by Crippen LogP contribution is 2.36. The molecular formula is C16H22ClFO. The van der Waals surface area contributed by atoms with E-state index in [1.807, 2.05) is 6.07 Å². The summed E-state index contributed by atoms with van der Waals surface area (Å²) >= 11 is 6.00. The van der Waals surface area contributed by atoms with Crippen LogP contribution in [0.15, 0.2) is 18.2 Å². The third-order valence-corrected chi connectivity index (χ3v) is 4.86. The van der Waals surface area contributed by atoms with E-state index in [-0.39, 0.29) is 22.9 Å². The number of aliphatic hydroxyl groups is 1. The number of benzene rings is 1. The van der Waals surface area contributed by atoms with Crippen LogP contribution in [0.2, 0.25) is 5.02 Å². The molecule has 1 fully saturated rings. The molecule has 1 aromatic rings. The lowest BCUT2D eigenvalue weighted by molar-refractivity contribution is 0.0378. The maximum Gasteiger partial charge on any atom is 0.142 e. The number of halogens is 2. The Kier molecular flexibility index (Phi) is 4.86. The number of hydrogen-bond donors (Lipinski definition) is 1. The van der Waals surface area contributed by atoms with Crippen molar-refractivity contribution in [3.05, 3.63) is 34.6 Å². The van der Waals surface area contributed by atoms with E-state index < -0.39 is 0 Å². The van der Waals surface area contributed by atoms with Gasteiger partial charge in [-0.1, -0.05) is 37.6 Å². The third kappa shape index (κ3) is 3.49. The molecule has 19 heavy (non-hydrogen) atoms. The standard InChI is InChI=1S/C16H22ClFO/c1-10(2)11-6-7-15(19)13(8-11)9-12-4-3-5-14(18)16(12)17/h3-5,10-11,13,15,19H,6-9H2,1-2H3. The zero-order valence-electron chi connectivity index (χ0n) is 11.6. The molecule has 1 nitrogen and oxygen atoms in total. The molecule has 1 aliphatic rings. The fourth-order valence-electron chi connectivity index (χ4n) is 3.10. The van der Waals surface area contributed by atoms with Gasteiger partial charge in [0, 0.05) is 0 Å². The number of rotatable bonds is 3. The molecule has 0 heterocycles. The summed E-state index contributed by atoms with van der Waals surface area (Å²) in [4.78, 5) is 0. The van der Waals surface area contributed by atoms with E-state index in [0.29, 0.717) is 18.3 Å². The average molecular weight is 285 g/mol. The Labute approximate surface area is 119 Å². The van der Waals surface area contributed by atoms with Gasteiger partial charge in [-0.05, 0) is 55.1 Å². The molecule has 1 aliphatic carbocycles. The summed E-state index contributed by atoms with van der Waals surface area (Å²) in [7, 11) is 0. The van der Waals surface area contributed by atoms with Crippen LogP contribution in [0.5, 0.6) is 0 Å². The molecule has 0 amide bonds. The first-order chi connectivity index (χ1) is 8.99. The van der Waals surface area contributed by atoms with E-state index in [1.54, 1.807) is 6.07 Å². The molecule has 3 heteroatoms. The van der Waals surface area contributed by atoms with Crippen LogP contribution in [0.25, 0.3) is 0 Å². The maximum atomic E-state index is 13.4. The molecule has 1 aromatic carbocycles. The van der Waals surface area contributed by atoms with Crippen molar-refractivity contribution in [2.75, 3.05) is 0 Å². The van der Waals surface area contributed by atoms with E-state index in [0.717, 1.165) is 24.8 Å². The van der Waals surface area contributed by atoms with E-state index in [1.165, 1.54) is 6.07 Å². The summed E-state index contributed by atoms with van der Waals surface area (Å²) in [5, 5.41) is 10.4. The van der Waals surface area contributed by atoms with Crippen LogP contribution in [0.4, 0.5) is 4.39 Å². The maximum absolute atomic E-state index is 13.4. The summed E-state index contributed by atoms with van der Waals surface area (Å²) < 4.78 is 13.4. The van der Waals surface area contributed by atoms with Gasteiger partial charge in [0.1, 0.15) is 5.82 Å². The molecule has 0 spiro atoms. The highest BCUT2D eigenvalue weighted by Gasteiger charge is 2.31. The molecule has 3 unspecified atom stereocenters. The van der Waals surface area contributed by atoms with Gasteiger partial charge in [-0.25, -0.2) is 4.39 Å². The minimum Gasteiger partial charge on any atom is -0.393 e. The summed E-state index contributed by atoms with van der Waals surface area (Å²) in [6.45, 7) is 4.46. The molecule has 0 bridgehead atoms. The van der Waals surface area contributed by atoms with Crippen molar-refractivity contribution in [2.24, 2.45) is 17.8 Å². The van der Waals surface area contributed by atoms with Crippen LogP contribution < -0.4 is 0 Å². The van der Waals surface area contributed by atoms with Crippen molar-refractivity contribution in [2.45, 2.75) is 45.6 Å². The smallest absolute Gasteiger partial charge is 0.142 e. The van der Waals surface area contributed by atoms with Crippen LogP contribution in [-0.2, 0) is 6.42 Å². The van der Waals surface area contributed by atoms with Crippen LogP contribution >= 0.6 is 11.6 Å². The van der Waals surface area contributed by atoms with E-state index in [2.05, 4.69) is 13.8 Å². The Morgan fingerprint density at radius 3 is 2.79 bits per heavy atom. The minimum absolute atomic E-state index is 0.195. The van der Waals surface area contributed by atoms with Gasteiger partial charge in [0.05, 0.1) is 11.1 Å². The predicted molar refractivity (Wildman–Crippen MR) is 76.8 cm³/mol. The first-order valence-electron chi connectivity index (χ1n) is 7.10. The molecule has 1 N–H and O–H groups in total. The zero-order valence-corrected chi connectivity index (χ0v) is 12.3. The lowest BCUT2D eigenvalue weighted by atomic mass is 9.73. The molecule has 1 saturated carbocycles. The van der Waals surface area contributed by atoms with Gasteiger partial charge in [0.25, 0.3) is 0 Å². The van der Waals surface area contributed by atoms with Gasteiger partial charge < -0.3 is 5.11 Å². The molecule has 106 valence electrons. The fourth-order valence-corrected chi connectivity index (χ4v) is 3.30. The van der Waals surface area contributed by atoms with Crippen molar-refractivity contribution < 1.29 is 9.50 Å². The quantitative estimate of drug-likeness (QED) is 0.869. The Balaban J connectivity index is 2.10. The molecule has 2 rings (SSSR count). The molecule has 0 aliphatic heterocycles. The first kappa shape index (κ1) is 14.8. The van der Waals surface area contributed by atoms with Gasteiger partial charge in [-0.3, -0.25) is 0 Å². The normalized spacial score (nSPS) is 27.8. The van der Waals surface area contributed by atoms with E-state index in [4.69, 9.17) is 11.6 Å². The molecule has 3 atom stereocenters. The van der Waals surface area contributed by atoms with E-state index in [9.17, 15) is 9.50 Å². The van der Waals surface area contributed by atoms with Crippen LogP contribution in [0, 0.1) is 23.6 Å². The summed E-state index contributed by atoms with van der Waals surface area (Å²) in [6.07, 6.45) is 3.33. The second-order valence-corrected chi connectivity index (χ2v) is 6.44. The van der Waals surface area contributed by atoms with Crippen molar-refractivity contribution in [3.63, 3.8) is 0 Å². The average Bonchev–Trinajstić information content (AvgIpc) is 2.37. The minimum atomic E-state index is -0.370. The SMILES string of the molecule is CC(C)C1CCC(O)C(Cc2cccc(F)c2Cl)C1. The zero-order chi connectivity index (χ0) is 14.0. The number of hydrogen-bond acceptors (Lipinski definition) is 1. The second-order valence-electron chi connectivity index (χ2n) is 6.06. The van der Waals surface area contributed by atoms with Gasteiger partial charge in [0.2, 0.25) is 0 Å². The second kappa shape index (κ2) is 6.23. The van der Waals surface area contributed by atoms with Crippen molar-refractivity contribution >= 4 is 11.6 Å². The molecule has 0 radical (unpaired) electrons. The van der Waals surface area contributed by atoms with E-state index >= 15 is 0 Å². The predicted octanol–water partition coefficient (Wildman–Crippen LogP) is 4.45. The van der Waals surface area contributed by atoms with Gasteiger partial charge in [0.15, 0.2) is 0 Å². The van der Waals surface area contributed by atoms with Crippen LogP contribution in [-0.4, -0.2) is 11.2 Å². The van der Waals surface area contributed by atoms with Gasteiger partial charge >= 0.3 is 0 Å². The lowest BCUT2D eigenvalue weighted by Crippen LogP contribution is -2.32. The Morgan fingerprint density at radius 1 is 1.37 bits per heavy atom. The summed E-state index contributed by atoms with van der Waals surface area (Å²) in [6, 6.07) is 4.92. The van der Waals surface area contributed by atoms with Crippen molar-refractivity contribution in [1.29, 1.82) is 0 Å². The van der Waals surface area contributed by atoms with Gasteiger partial charge in [-0.2, -0.15) is 0 Å². The van der Waals surface area contributed by atoms with Crippen LogP contribution in [0.3, 0.4) is 0 Å². The molecule has 0 saturated heterocycles. The largest absolute Gasteiger partial charge is 0.393 e. The van der Waals surface area contributed by atoms with Crippen molar-refractivity contribution in [3.8, 4) is 0 Å². The van der Waals surface area contributed by atoms with Crippen LogP contribution in [0.1, 0.15) is 38.7 Å². The van der Waals surface area contributed by atoms with Gasteiger partial charge in [-0.15, -0.1) is 0 Å². The monoisotopic (exact) mass is 284 g/mol. The summed E-state index contributed by atoms with van der Waals surface area (Å²) in [5.41, 5.74) is 0.815. The number of aliphatic hydroxyl groups excluding tert-OH is 1. The Hall–Kier alpha value is -0.600. The molecular weight excluding hydrogens is 263 g/mol. The first-order valence-corrected chi connectivity index (χ1v) is 7.47. The highest BCUT2D eigenvalue weighted by atomic mass is 35.5.